The van der Waals surface area contributed by atoms with E-state index in [2.05, 4.69) is 0 Å². The molecule has 4 atom stereocenters. The highest BCUT2D eigenvalue weighted by atomic mass is 16.7. The van der Waals surface area contributed by atoms with Crippen LogP contribution in [0.3, 0.4) is 0 Å². The van der Waals surface area contributed by atoms with E-state index in [1.54, 1.807) is 0 Å². The molecule has 204 valence electrons. The number of carbonyl (C=O) groups excluding carboxylic acids is 2. The lowest BCUT2D eigenvalue weighted by Crippen LogP contribution is -2.60. The molecule has 2 bridgehead atoms. The molecule has 8 nitrogen and oxygen atoms in total. The van der Waals surface area contributed by atoms with Crippen molar-refractivity contribution in [2.75, 3.05) is 19.7 Å². The van der Waals surface area contributed by atoms with Gasteiger partial charge in [0.05, 0.1) is 31.8 Å². The highest BCUT2D eigenvalue weighted by Crippen LogP contribution is 2.47. The Morgan fingerprint density at radius 3 is 2.00 bits per heavy atom. The smallest absolute Gasteiger partial charge is 0.348 e. The van der Waals surface area contributed by atoms with Gasteiger partial charge in [0, 0.05) is 38.5 Å². The number of rotatable bonds is 9. The second-order valence-corrected chi connectivity index (χ2v) is 11.0. The van der Waals surface area contributed by atoms with Crippen molar-refractivity contribution in [2.24, 2.45) is 5.73 Å². The van der Waals surface area contributed by atoms with E-state index in [1.807, 2.05) is 60.7 Å². The fraction of sp³-hybridized carbons (Fsp3) is 0.533. The van der Waals surface area contributed by atoms with Crippen molar-refractivity contribution in [1.82, 2.24) is 0 Å². The van der Waals surface area contributed by atoms with Gasteiger partial charge < -0.3 is 29.5 Å². The normalized spacial score (nSPS) is 25.6. The summed E-state index contributed by atoms with van der Waals surface area (Å²) in [5, 5.41) is 9.26. The molecule has 1 spiro atoms. The Morgan fingerprint density at radius 2 is 1.50 bits per heavy atom. The lowest BCUT2D eigenvalue weighted by Gasteiger charge is -2.47. The van der Waals surface area contributed by atoms with E-state index in [4.69, 9.17) is 19.9 Å². The van der Waals surface area contributed by atoms with Crippen molar-refractivity contribution in [2.45, 2.75) is 81.6 Å². The van der Waals surface area contributed by atoms with Gasteiger partial charge in [0.2, 0.25) is 11.9 Å². The zero-order valence-corrected chi connectivity index (χ0v) is 22.0. The molecule has 0 radical (unpaired) electrons. The average molecular weight is 524 g/mol. The molecule has 3 aliphatic heterocycles. The maximum absolute atomic E-state index is 14.3. The van der Waals surface area contributed by atoms with E-state index in [1.165, 1.54) is 50.2 Å². The largest absolute Gasteiger partial charge is 0.459 e. The Balaban J connectivity index is 1.46. The number of hydrogen-bond donors (Lipinski definition) is 2. The second kappa shape index (κ2) is 11.1. The minimum absolute atomic E-state index is 0.194. The van der Waals surface area contributed by atoms with Crippen molar-refractivity contribution >= 4 is 11.9 Å². The van der Waals surface area contributed by atoms with Crippen LogP contribution in [0.4, 0.5) is 0 Å². The van der Waals surface area contributed by atoms with Crippen LogP contribution >= 0.6 is 0 Å². The highest BCUT2D eigenvalue weighted by molar-refractivity contribution is 5.86. The Morgan fingerprint density at radius 1 is 0.974 bits per heavy atom. The molecule has 0 aliphatic carbocycles. The number of nitrogens with two attached hydrogens (primary N) is 1. The minimum Gasteiger partial charge on any atom is -0.459 e. The van der Waals surface area contributed by atoms with E-state index in [9.17, 15) is 14.7 Å². The Bertz CT molecular complexity index is 1050. The fourth-order valence-corrected chi connectivity index (χ4v) is 7.07. The first kappa shape index (κ1) is 26.8. The molecule has 0 saturated carbocycles. The number of nitrogens with zero attached hydrogens (tertiary/aromatic N) is 1. The summed E-state index contributed by atoms with van der Waals surface area (Å²) in [4.78, 5) is 26.7. The summed E-state index contributed by atoms with van der Waals surface area (Å²) in [5.74, 6) is -1.34. The summed E-state index contributed by atoms with van der Waals surface area (Å²) in [7, 11) is 0. The predicted molar refractivity (Wildman–Crippen MR) is 141 cm³/mol. The number of hydrogen-bond acceptors (Lipinski definition) is 7. The van der Waals surface area contributed by atoms with Crippen LogP contribution < -0.4 is 5.73 Å². The van der Waals surface area contributed by atoms with E-state index < -0.39 is 36.5 Å². The van der Waals surface area contributed by atoms with Crippen LogP contribution in [0, 0.1) is 0 Å². The maximum atomic E-state index is 14.3. The van der Waals surface area contributed by atoms with Gasteiger partial charge in [-0.25, -0.2) is 4.79 Å². The third kappa shape index (κ3) is 4.86. The molecule has 3 heterocycles. The summed E-state index contributed by atoms with van der Waals surface area (Å²) in [6.45, 7) is 3.48. The van der Waals surface area contributed by atoms with Crippen LogP contribution in [0.15, 0.2) is 60.7 Å². The topological polar surface area (TPSA) is 108 Å². The second-order valence-electron chi connectivity index (χ2n) is 11.0. The Labute approximate surface area is 224 Å². The van der Waals surface area contributed by atoms with Gasteiger partial charge in [-0.3, -0.25) is 4.79 Å². The van der Waals surface area contributed by atoms with Gasteiger partial charge in [-0.05, 0) is 18.1 Å². The van der Waals surface area contributed by atoms with Crippen molar-refractivity contribution in [1.29, 1.82) is 0 Å². The van der Waals surface area contributed by atoms with Crippen LogP contribution in [-0.4, -0.2) is 71.7 Å². The summed E-state index contributed by atoms with van der Waals surface area (Å²) in [6, 6.07) is 18.2. The molecule has 0 aromatic heterocycles. The molecule has 3 saturated heterocycles. The highest BCUT2D eigenvalue weighted by Gasteiger charge is 2.57. The monoisotopic (exact) mass is 523 g/mol. The number of esters is 2. The van der Waals surface area contributed by atoms with Crippen LogP contribution in [-0.2, 0) is 29.4 Å². The standard InChI is InChI=1S/C30H39N2O6/c1-21(36-28(34)27(31)20-33)38-30(22-10-4-2-5-11-22,23-12-6-3-7-13-23)29(35)37-26-18-24-14-15-25(19-26)32(24)16-8-9-17-32/h2-7,10-13,21,24-27,33H,8-9,14-20,31H2,1H3/q+1/t21-,24?,25?,26?,27-/m0/s1. The number of aliphatic hydroxyl groups is 1. The zero-order chi connectivity index (χ0) is 26.8. The number of quaternary nitrogens is 1. The molecule has 38 heavy (non-hydrogen) atoms. The van der Waals surface area contributed by atoms with Crippen molar-refractivity contribution in [3.05, 3.63) is 71.8 Å². The van der Waals surface area contributed by atoms with Gasteiger partial charge in [-0.1, -0.05) is 60.7 Å². The van der Waals surface area contributed by atoms with E-state index in [0.29, 0.717) is 23.2 Å². The molecule has 0 amide bonds. The van der Waals surface area contributed by atoms with E-state index in [0.717, 1.165) is 12.8 Å². The van der Waals surface area contributed by atoms with E-state index in [-0.39, 0.29) is 6.10 Å². The van der Waals surface area contributed by atoms with Gasteiger partial charge in [-0.15, -0.1) is 0 Å². The first-order valence-corrected chi connectivity index (χ1v) is 13.8. The van der Waals surface area contributed by atoms with Crippen LogP contribution in [0.5, 0.6) is 0 Å². The summed E-state index contributed by atoms with van der Waals surface area (Å²) >= 11 is 0. The molecular formula is C30H39N2O6+. The summed E-state index contributed by atoms with van der Waals surface area (Å²) in [5.41, 5.74) is 5.13. The van der Waals surface area contributed by atoms with Crippen LogP contribution in [0.2, 0.25) is 0 Å². The molecular weight excluding hydrogens is 484 g/mol. The molecule has 2 aromatic rings. The molecule has 3 aliphatic rings. The molecule has 2 aromatic carbocycles. The summed E-state index contributed by atoms with van der Waals surface area (Å²) in [6.07, 6.45) is 5.33. The van der Waals surface area contributed by atoms with Gasteiger partial charge in [0.15, 0.2) is 0 Å². The average Bonchev–Trinajstić information content (AvgIpc) is 3.48. The van der Waals surface area contributed by atoms with Crippen molar-refractivity contribution in [3.8, 4) is 0 Å². The minimum atomic E-state index is -1.66. The van der Waals surface area contributed by atoms with Crippen molar-refractivity contribution in [3.63, 3.8) is 0 Å². The lowest BCUT2D eigenvalue weighted by atomic mass is 9.85. The van der Waals surface area contributed by atoms with Crippen LogP contribution in [0.25, 0.3) is 0 Å². The first-order chi connectivity index (χ1) is 18.4. The van der Waals surface area contributed by atoms with E-state index >= 15 is 0 Å². The number of benzene rings is 2. The van der Waals surface area contributed by atoms with Gasteiger partial charge in [-0.2, -0.15) is 0 Å². The number of ether oxygens (including phenoxy) is 3. The quantitative estimate of drug-likeness (QED) is 0.296. The lowest BCUT2D eigenvalue weighted by molar-refractivity contribution is -0.956. The number of aliphatic hydroxyl groups excluding tert-OH is 1. The maximum Gasteiger partial charge on any atom is 0.348 e. The molecule has 5 rings (SSSR count). The van der Waals surface area contributed by atoms with Gasteiger partial charge in [0.25, 0.3) is 0 Å². The molecule has 2 unspecified atom stereocenters. The zero-order valence-electron chi connectivity index (χ0n) is 22.0. The van der Waals surface area contributed by atoms with Crippen molar-refractivity contribution < 1.29 is 33.4 Å². The molecule has 3 fully saturated rings. The Hall–Kier alpha value is -2.78. The third-order valence-electron chi connectivity index (χ3n) is 8.80. The van der Waals surface area contributed by atoms with Gasteiger partial charge >= 0.3 is 11.9 Å². The predicted octanol–water partition coefficient (Wildman–Crippen LogP) is 3.00. The number of piperidine rings is 1. The number of carbonyl (C=O) groups is 2. The fourth-order valence-electron chi connectivity index (χ4n) is 7.07. The Kier molecular flexibility index (Phi) is 7.86. The summed E-state index contributed by atoms with van der Waals surface area (Å²) < 4.78 is 19.3. The first-order valence-electron chi connectivity index (χ1n) is 13.8. The molecule has 8 heteroatoms. The third-order valence-corrected chi connectivity index (χ3v) is 8.80. The molecule has 3 N–H and O–H groups in total. The van der Waals surface area contributed by atoms with Gasteiger partial charge in [0.1, 0.15) is 12.1 Å². The van der Waals surface area contributed by atoms with Crippen LogP contribution in [0.1, 0.15) is 56.6 Å². The SMILES string of the molecule is C[C@@H](OC(=O)[C@@H](N)CO)OC(C(=O)OC1CC2CCC(C1)[N+]21CCCC1)(c1ccccc1)c1ccccc1.